The highest BCUT2D eigenvalue weighted by Crippen LogP contribution is 2.32. The molecule has 3 aromatic rings. The quantitative estimate of drug-likeness (QED) is 0.542. The molecule has 0 atom stereocenters. The lowest BCUT2D eigenvalue weighted by atomic mass is 10.1. The number of methoxy groups -OCH3 is 2. The maximum Gasteiger partial charge on any atom is 0.262 e. The Morgan fingerprint density at radius 1 is 1.19 bits per heavy atom. The van der Waals surface area contributed by atoms with E-state index < -0.39 is 0 Å². The van der Waals surface area contributed by atoms with Crippen molar-refractivity contribution in [3.8, 4) is 11.5 Å². The number of carbonyl (C=O) groups is 1. The van der Waals surface area contributed by atoms with Crippen molar-refractivity contribution in [3.63, 3.8) is 0 Å². The Morgan fingerprint density at radius 3 is 2.56 bits per heavy atom. The van der Waals surface area contributed by atoms with Gasteiger partial charge in [-0.25, -0.2) is 4.98 Å². The number of aryl methyl sites for hydroxylation is 2. The molecule has 3 heterocycles. The number of hydrogen-bond donors (Lipinski definition) is 0. The summed E-state index contributed by atoms with van der Waals surface area (Å²) in [5, 5.41) is 0.704. The maximum absolute atomic E-state index is 13.3. The van der Waals surface area contributed by atoms with Crippen molar-refractivity contribution in [2.24, 2.45) is 0 Å². The van der Waals surface area contributed by atoms with E-state index in [1.54, 1.807) is 25.1 Å². The largest absolute Gasteiger partial charge is 0.497 e. The number of nitrogens with zero attached hydrogens (tertiary/aromatic N) is 4. The van der Waals surface area contributed by atoms with E-state index >= 15 is 0 Å². The van der Waals surface area contributed by atoms with Gasteiger partial charge < -0.3 is 19.3 Å². The predicted molar refractivity (Wildman–Crippen MR) is 125 cm³/mol. The molecular weight excluding hydrogens is 428 g/mol. The molecule has 0 saturated heterocycles. The van der Waals surface area contributed by atoms with E-state index in [1.165, 1.54) is 11.3 Å². The Kier molecular flexibility index (Phi) is 6.48. The third-order valence-electron chi connectivity index (χ3n) is 5.68. The van der Waals surface area contributed by atoms with Gasteiger partial charge in [-0.2, -0.15) is 0 Å². The Bertz CT molecular complexity index is 1180. The number of benzene rings is 1. The number of fused-ring (bicyclic) bond motifs is 3. The fourth-order valence-electron chi connectivity index (χ4n) is 4.02. The lowest BCUT2D eigenvalue weighted by molar-refractivity contribution is -0.132. The van der Waals surface area contributed by atoms with Crippen LogP contribution < -0.4 is 15.0 Å². The van der Waals surface area contributed by atoms with Gasteiger partial charge in [0.1, 0.15) is 16.3 Å². The summed E-state index contributed by atoms with van der Waals surface area (Å²) in [4.78, 5) is 35.9. The molecule has 8 nitrogen and oxygen atoms in total. The predicted octanol–water partition coefficient (Wildman–Crippen LogP) is 2.16. The number of carbonyl (C=O) groups excluding carboxylic acids is 1. The zero-order chi connectivity index (χ0) is 22.8. The van der Waals surface area contributed by atoms with Crippen LogP contribution in [-0.2, 0) is 30.7 Å². The average Bonchev–Trinajstić information content (AvgIpc) is 3.16. The number of likely N-dealkylation sites (N-methyl/N-ethyl adjacent to an activating group) is 1. The normalized spacial score (nSPS) is 13.5. The van der Waals surface area contributed by atoms with Gasteiger partial charge in [-0.05, 0) is 50.2 Å². The number of ether oxygens (including phenoxy) is 2. The molecule has 0 fully saturated rings. The van der Waals surface area contributed by atoms with Crippen LogP contribution in [0.5, 0.6) is 11.5 Å². The van der Waals surface area contributed by atoms with Crippen molar-refractivity contribution < 1.29 is 14.3 Å². The summed E-state index contributed by atoms with van der Waals surface area (Å²) in [6.07, 6.45) is 2.96. The van der Waals surface area contributed by atoms with Crippen molar-refractivity contribution >= 4 is 27.5 Å². The van der Waals surface area contributed by atoms with Gasteiger partial charge in [0.2, 0.25) is 5.91 Å². The molecule has 9 heteroatoms. The first kappa shape index (κ1) is 22.3. The van der Waals surface area contributed by atoms with E-state index in [0.717, 1.165) is 32.3 Å². The zero-order valence-corrected chi connectivity index (χ0v) is 19.7. The molecule has 4 rings (SSSR count). The molecule has 2 aromatic heterocycles. The fourth-order valence-corrected chi connectivity index (χ4v) is 5.22. The van der Waals surface area contributed by atoms with Gasteiger partial charge in [0.25, 0.3) is 5.56 Å². The molecule has 1 aromatic carbocycles. The third-order valence-corrected chi connectivity index (χ3v) is 6.81. The van der Waals surface area contributed by atoms with Crippen LogP contribution in [0.3, 0.4) is 0 Å². The molecule has 0 spiro atoms. The van der Waals surface area contributed by atoms with Crippen LogP contribution in [-0.4, -0.2) is 66.7 Å². The highest BCUT2D eigenvalue weighted by Gasteiger charge is 2.26. The third kappa shape index (κ3) is 4.49. The van der Waals surface area contributed by atoms with Gasteiger partial charge in [-0.1, -0.05) is 0 Å². The summed E-state index contributed by atoms with van der Waals surface area (Å²) in [7, 11) is 7.02. The minimum Gasteiger partial charge on any atom is -0.497 e. The molecule has 1 aliphatic heterocycles. The second kappa shape index (κ2) is 9.30. The smallest absolute Gasteiger partial charge is 0.262 e. The second-order valence-electron chi connectivity index (χ2n) is 8.20. The maximum atomic E-state index is 13.3. The summed E-state index contributed by atoms with van der Waals surface area (Å²) in [6, 6.07) is 5.73. The van der Waals surface area contributed by atoms with E-state index in [9.17, 15) is 9.59 Å². The van der Waals surface area contributed by atoms with Crippen LogP contribution in [0, 0.1) is 0 Å². The number of aromatic nitrogens is 2. The SMILES string of the molecule is COc1cc(CCn2cnc3sc4c(c3c2=O)CCN(C(=O)CN(C)C)C4)cc(OC)c1. The van der Waals surface area contributed by atoms with Gasteiger partial charge in [-0.15, -0.1) is 11.3 Å². The Hall–Kier alpha value is -2.91. The van der Waals surface area contributed by atoms with Gasteiger partial charge in [0, 0.05) is 24.0 Å². The Balaban J connectivity index is 1.57. The molecule has 0 saturated carbocycles. The molecule has 170 valence electrons. The summed E-state index contributed by atoms with van der Waals surface area (Å²) < 4.78 is 12.3. The Labute approximate surface area is 191 Å². The first-order chi connectivity index (χ1) is 15.4. The summed E-state index contributed by atoms with van der Waals surface area (Å²) in [6.45, 7) is 2.08. The first-order valence-electron chi connectivity index (χ1n) is 10.5. The lowest BCUT2D eigenvalue weighted by Crippen LogP contribution is -2.40. The van der Waals surface area contributed by atoms with Crippen LogP contribution in [0.4, 0.5) is 0 Å². The van der Waals surface area contributed by atoms with E-state index in [0.29, 0.717) is 44.4 Å². The van der Waals surface area contributed by atoms with Crippen molar-refractivity contribution in [1.82, 2.24) is 19.4 Å². The Morgan fingerprint density at radius 2 is 1.91 bits per heavy atom. The molecular formula is C23H28N4O4S. The average molecular weight is 457 g/mol. The molecule has 0 unspecified atom stereocenters. The minimum atomic E-state index is -0.0181. The van der Waals surface area contributed by atoms with Gasteiger partial charge in [0.15, 0.2) is 0 Å². The zero-order valence-electron chi connectivity index (χ0n) is 18.9. The van der Waals surface area contributed by atoms with Crippen molar-refractivity contribution in [2.75, 3.05) is 41.4 Å². The van der Waals surface area contributed by atoms with Crippen LogP contribution in [0.1, 0.15) is 16.0 Å². The van der Waals surface area contributed by atoms with Crippen LogP contribution in [0.15, 0.2) is 29.3 Å². The second-order valence-corrected chi connectivity index (χ2v) is 9.28. The molecule has 0 N–H and O–H groups in total. The van der Waals surface area contributed by atoms with Gasteiger partial charge >= 0.3 is 0 Å². The van der Waals surface area contributed by atoms with Crippen LogP contribution in [0.25, 0.3) is 10.2 Å². The van der Waals surface area contributed by atoms with E-state index in [-0.39, 0.29) is 11.5 Å². The molecule has 1 aliphatic rings. The fraction of sp³-hybridized carbons (Fsp3) is 0.435. The van der Waals surface area contributed by atoms with Crippen LogP contribution >= 0.6 is 11.3 Å². The topological polar surface area (TPSA) is 76.9 Å². The monoisotopic (exact) mass is 456 g/mol. The van der Waals surface area contributed by atoms with E-state index in [2.05, 4.69) is 4.98 Å². The number of amides is 1. The number of rotatable bonds is 7. The molecule has 1 amide bonds. The molecule has 32 heavy (non-hydrogen) atoms. The van der Waals surface area contributed by atoms with Crippen molar-refractivity contribution in [1.29, 1.82) is 0 Å². The number of hydrogen-bond acceptors (Lipinski definition) is 7. The van der Waals surface area contributed by atoms with E-state index in [1.807, 2.05) is 42.1 Å². The van der Waals surface area contributed by atoms with Gasteiger partial charge in [0.05, 0.1) is 39.0 Å². The molecule has 0 radical (unpaired) electrons. The van der Waals surface area contributed by atoms with Crippen LogP contribution in [0.2, 0.25) is 0 Å². The highest BCUT2D eigenvalue weighted by atomic mass is 32.1. The lowest BCUT2D eigenvalue weighted by Gasteiger charge is -2.28. The number of thiophene rings is 1. The van der Waals surface area contributed by atoms with Crippen molar-refractivity contribution in [3.05, 3.63) is 50.9 Å². The van der Waals surface area contributed by atoms with E-state index in [4.69, 9.17) is 9.47 Å². The van der Waals surface area contributed by atoms with Gasteiger partial charge in [-0.3, -0.25) is 14.2 Å². The summed E-state index contributed by atoms with van der Waals surface area (Å²) >= 11 is 1.52. The highest BCUT2D eigenvalue weighted by molar-refractivity contribution is 7.18. The standard InChI is InChI=1S/C23H28N4O4S/c1-25(2)13-20(28)26-8-6-18-19(12-26)32-22-21(18)23(29)27(14-24-22)7-5-15-9-16(30-3)11-17(10-15)31-4/h9-11,14H,5-8,12-13H2,1-4H3. The first-order valence-corrected chi connectivity index (χ1v) is 11.4. The summed E-state index contributed by atoms with van der Waals surface area (Å²) in [5.41, 5.74) is 2.06. The molecule has 0 bridgehead atoms. The summed E-state index contributed by atoms with van der Waals surface area (Å²) in [5.74, 6) is 1.55. The minimum absolute atomic E-state index is 0.0181. The molecule has 0 aliphatic carbocycles. The van der Waals surface area contributed by atoms with Crippen molar-refractivity contribution in [2.45, 2.75) is 25.9 Å².